The Bertz CT molecular complexity index is 1530. The van der Waals surface area contributed by atoms with Crippen LogP contribution in [0.5, 0.6) is 0 Å². The number of ether oxygens (including phenoxy) is 1. The van der Waals surface area contributed by atoms with Gasteiger partial charge in [0.2, 0.25) is 0 Å². The van der Waals surface area contributed by atoms with Crippen LogP contribution in [0.15, 0.2) is 67.0 Å². The van der Waals surface area contributed by atoms with E-state index in [-0.39, 0.29) is 29.2 Å². The van der Waals surface area contributed by atoms with Crippen molar-refractivity contribution in [3.8, 4) is 17.1 Å². The molecule has 13 heteroatoms. The molecular weight excluding hydrogens is 539 g/mol. The number of hydrogen-bond donors (Lipinski definition) is 1. The van der Waals surface area contributed by atoms with E-state index in [1.807, 2.05) is 11.0 Å². The molecule has 0 bridgehead atoms. The minimum atomic E-state index is -4.70. The molecule has 1 N–H and O–H groups in total. The minimum absolute atomic E-state index is 0.0534. The van der Waals surface area contributed by atoms with Crippen molar-refractivity contribution < 1.29 is 27.5 Å². The Balaban J connectivity index is 1.31. The smallest absolute Gasteiger partial charge is 0.433 e. The number of hydrogen-bond acceptors (Lipinski definition) is 8. The number of nitrogens with one attached hydrogen (secondary N) is 1. The van der Waals surface area contributed by atoms with Crippen LogP contribution in [-0.4, -0.2) is 56.5 Å². The molecule has 1 aromatic carbocycles. The highest BCUT2D eigenvalue weighted by molar-refractivity contribution is 6.04. The molecular formula is C28H26F3N7O3. The molecule has 1 unspecified atom stereocenters. The molecule has 4 aromatic rings. The molecule has 1 aliphatic rings. The van der Waals surface area contributed by atoms with Gasteiger partial charge in [-0.05, 0) is 68.3 Å². The fourth-order valence-electron chi connectivity index (χ4n) is 4.61. The summed E-state index contributed by atoms with van der Waals surface area (Å²) in [5.74, 6) is -1.05. The van der Waals surface area contributed by atoms with Crippen LogP contribution >= 0.6 is 0 Å². The highest BCUT2D eigenvalue weighted by atomic mass is 19.4. The number of alkyl halides is 3. The van der Waals surface area contributed by atoms with Gasteiger partial charge in [-0.1, -0.05) is 6.07 Å². The lowest BCUT2D eigenvalue weighted by molar-refractivity contribution is -0.148. The van der Waals surface area contributed by atoms with Crippen LogP contribution < -0.4 is 10.2 Å². The number of piperidine rings is 1. The van der Waals surface area contributed by atoms with E-state index in [1.54, 1.807) is 37.3 Å². The van der Waals surface area contributed by atoms with E-state index in [9.17, 15) is 22.8 Å². The first-order valence-electron chi connectivity index (χ1n) is 13.0. The summed E-state index contributed by atoms with van der Waals surface area (Å²) in [6.07, 6.45) is -0.210. The van der Waals surface area contributed by atoms with Crippen LogP contribution in [0.1, 0.15) is 35.8 Å². The molecule has 0 spiro atoms. The largest absolute Gasteiger partial charge is 0.466 e. The Morgan fingerprint density at radius 3 is 2.66 bits per heavy atom. The molecule has 1 atom stereocenters. The Morgan fingerprint density at radius 2 is 1.95 bits per heavy atom. The first kappa shape index (κ1) is 27.7. The second-order valence-electron chi connectivity index (χ2n) is 9.38. The molecule has 0 radical (unpaired) electrons. The monoisotopic (exact) mass is 565 g/mol. The second-order valence-corrected chi connectivity index (χ2v) is 9.38. The first-order chi connectivity index (χ1) is 19.7. The molecule has 5 rings (SSSR count). The number of halogens is 3. The normalized spacial score (nSPS) is 15.4. The standard InChI is InChI=1S/C28H26F3N7O3/c1-2-41-27(40)20-8-5-13-37(17-20)21-9-3-6-18(14-21)26(39)33-24-10-11-25(35-34-24)38-23(28(29,30)31)15-22(36-38)19-7-4-12-32-16-19/h3-4,6-7,9-12,14-16,20H,2,5,8,13,17H2,1H3,(H,33,34,39). The summed E-state index contributed by atoms with van der Waals surface area (Å²) in [4.78, 5) is 31.1. The molecule has 1 amide bonds. The maximum absolute atomic E-state index is 13.8. The Kier molecular flexibility index (Phi) is 7.95. The number of nitrogens with zero attached hydrogens (tertiary/aromatic N) is 6. The molecule has 41 heavy (non-hydrogen) atoms. The molecule has 3 aromatic heterocycles. The maximum Gasteiger partial charge on any atom is 0.433 e. The highest BCUT2D eigenvalue weighted by Crippen LogP contribution is 2.33. The summed E-state index contributed by atoms with van der Waals surface area (Å²) in [5, 5.41) is 14.5. The summed E-state index contributed by atoms with van der Waals surface area (Å²) in [7, 11) is 0. The lowest BCUT2D eigenvalue weighted by Gasteiger charge is -2.33. The molecule has 212 valence electrons. The quantitative estimate of drug-likeness (QED) is 0.319. The number of carbonyl (C=O) groups excluding carboxylic acids is 2. The van der Waals surface area contributed by atoms with Crippen LogP contribution in [0.2, 0.25) is 0 Å². The van der Waals surface area contributed by atoms with Gasteiger partial charge in [-0.3, -0.25) is 14.6 Å². The van der Waals surface area contributed by atoms with Gasteiger partial charge in [-0.2, -0.15) is 18.3 Å². The Hall–Kier alpha value is -4.81. The third-order valence-corrected chi connectivity index (χ3v) is 6.58. The molecule has 4 heterocycles. The van der Waals surface area contributed by atoms with Gasteiger partial charge in [-0.15, -0.1) is 10.2 Å². The van der Waals surface area contributed by atoms with Gasteiger partial charge in [0.05, 0.1) is 18.2 Å². The van der Waals surface area contributed by atoms with Crippen LogP contribution in [-0.2, 0) is 15.7 Å². The third-order valence-electron chi connectivity index (χ3n) is 6.58. The lowest BCUT2D eigenvalue weighted by Crippen LogP contribution is -2.39. The number of carbonyl (C=O) groups is 2. The van der Waals surface area contributed by atoms with E-state index in [0.717, 1.165) is 31.1 Å². The number of anilines is 2. The van der Waals surface area contributed by atoms with Crippen molar-refractivity contribution in [1.82, 2.24) is 25.0 Å². The lowest BCUT2D eigenvalue weighted by atomic mass is 9.97. The molecule has 1 fully saturated rings. The molecule has 0 aliphatic carbocycles. The van der Waals surface area contributed by atoms with E-state index in [1.165, 1.54) is 24.5 Å². The van der Waals surface area contributed by atoms with E-state index >= 15 is 0 Å². The van der Waals surface area contributed by atoms with Crippen molar-refractivity contribution in [2.45, 2.75) is 25.9 Å². The zero-order valence-corrected chi connectivity index (χ0v) is 22.0. The van der Waals surface area contributed by atoms with E-state index in [4.69, 9.17) is 4.74 Å². The van der Waals surface area contributed by atoms with Crippen LogP contribution in [0.25, 0.3) is 17.1 Å². The van der Waals surface area contributed by atoms with Crippen LogP contribution in [0, 0.1) is 5.92 Å². The molecule has 1 saturated heterocycles. The van der Waals surface area contributed by atoms with Gasteiger partial charge < -0.3 is 15.0 Å². The summed E-state index contributed by atoms with van der Waals surface area (Å²) in [5.41, 5.74) is 0.598. The number of aromatic nitrogens is 5. The number of esters is 1. The van der Waals surface area contributed by atoms with Crippen LogP contribution in [0.3, 0.4) is 0 Å². The average molecular weight is 566 g/mol. The van der Waals surface area contributed by atoms with Gasteiger partial charge in [0.1, 0.15) is 0 Å². The van der Waals surface area contributed by atoms with E-state index in [2.05, 4.69) is 25.6 Å². The summed E-state index contributed by atoms with van der Waals surface area (Å²) < 4.78 is 47.1. The van der Waals surface area contributed by atoms with Crippen molar-refractivity contribution in [2.24, 2.45) is 5.92 Å². The maximum atomic E-state index is 13.8. The molecule has 1 aliphatic heterocycles. The first-order valence-corrected chi connectivity index (χ1v) is 13.0. The van der Waals surface area contributed by atoms with Gasteiger partial charge in [0.25, 0.3) is 5.91 Å². The minimum Gasteiger partial charge on any atom is -0.466 e. The number of pyridine rings is 1. The Labute approximate surface area is 233 Å². The van der Waals surface area contributed by atoms with Crippen molar-refractivity contribution in [3.05, 3.63) is 78.2 Å². The topological polar surface area (TPSA) is 115 Å². The van der Waals surface area contributed by atoms with E-state index in [0.29, 0.717) is 29.0 Å². The van der Waals surface area contributed by atoms with Crippen LogP contribution in [0.4, 0.5) is 24.7 Å². The zero-order valence-electron chi connectivity index (χ0n) is 22.0. The van der Waals surface area contributed by atoms with Crippen molar-refractivity contribution >= 4 is 23.4 Å². The average Bonchev–Trinajstić information content (AvgIpc) is 3.45. The van der Waals surface area contributed by atoms with Gasteiger partial charge >= 0.3 is 12.1 Å². The summed E-state index contributed by atoms with van der Waals surface area (Å²) in [6, 6.07) is 13.7. The van der Waals surface area contributed by atoms with Crippen molar-refractivity contribution in [2.75, 3.05) is 29.9 Å². The van der Waals surface area contributed by atoms with Gasteiger partial charge in [0.15, 0.2) is 17.3 Å². The predicted octanol–water partition coefficient (Wildman–Crippen LogP) is 4.77. The predicted molar refractivity (Wildman–Crippen MR) is 143 cm³/mol. The SMILES string of the molecule is CCOC(=O)C1CCCN(c2cccc(C(=O)Nc3ccc(-n4nc(-c5cccnc5)cc4C(F)(F)F)nn3)c2)C1. The highest BCUT2D eigenvalue weighted by Gasteiger charge is 2.37. The van der Waals surface area contributed by atoms with Gasteiger partial charge in [-0.25, -0.2) is 4.68 Å². The number of rotatable bonds is 7. The summed E-state index contributed by atoms with van der Waals surface area (Å²) >= 11 is 0. The number of amides is 1. The fourth-order valence-corrected chi connectivity index (χ4v) is 4.61. The van der Waals surface area contributed by atoms with Crippen molar-refractivity contribution in [3.63, 3.8) is 0 Å². The summed E-state index contributed by atoms with van der Waals surface area (Å²) in [6.45, 7) is 3.33. The van der Waals surface area contributed by atoms with E-state index < -0.39 is 17.8 Å². The fraction of sp³-hybridized carbons (Fsp3) is 0.286. The molecule has 0 saturated carbocycles. The third kappa shape index (κ3) is 6.34. The zero-order chi connectivity index (χ0) is 29.0. The molecule has 10 nitrogen and oxygen atoms in total. The second kappa shape index (κ2) is 11.7. The number of benzene rings is 1. The Morgan fingerprint density at radius 1 is 1.10 bits per heavy atom. The van der Waals surface area contributed by atoms with Gasteiger partial charge in [0, 0.05) is 42.3 Å². The van der Waals surface area contributed by atoms with Crippen molar-refractivity contribution in [1.29, 1.82) is 0 Å².